The molecule has 1 N–H and O–H groups in total. The van der Waals surface area contributed by atoms with E-state index in [1.165, 1.54) is 0 Å². The van der Waals surface area contributed by atoms with Crippen LogP contribution in [0.15, 0.2) is 22.7 Å². The molecule has 1 amide bonds. The first-order valence-corrected chi connectivity index (χ1v) is 7.31. The van der Waals surface area contributed by atoms with Crippen LogP contribution in [-0.4, -0.2) is 47.0 Å². The maximum absolute atomic E-state index is 11.4. The van der Waals surface area contributed by atoms with Crippen LogP contribution >= 0.6 is 15.9 Å². The summed E-state index contributed by atoms with van der Waals surface area (Å²) in [7, 11) is 0. The first kappa shape index (κ1) is 14.3. The summed E-state index contributed by atoms with van der Waals surface area (Å²) in [6, 6.07) is 5.49. The van der Waals surface area contributed by atoms with Gasteiger partial charge in [0.15, 0.2) is 0 Å². The van der Waals surface area contributed by atoms with E-state index in [1.807, 2.05) is 17.0 Å². The standard InChI is InChI=1S/C14H19BrN2O2/c1-11(18)17-6-2-5-16(7-8-17)10-12-9-13(15)3-4-14(12)19/h3-4,9,19H,2,5-8,10H2,1H3. The molecule has 2 rings (SSSR count). The Hall–Kier alpha value is -1.07. The molecule has 1 fully saturated rings. The van der Waals surface area contributed by atoms with Gasteiger partial charge >= 0.3 is 0 Å². The topological polar surface area (TPSA) is 43.8 Å². The number of carbonyl (C=O) groups is 1. The van der Waals surface area contributed by atoms with Crippen LogP contribution in [-0.2, 0) is 11.3 Å². The molecule has 0 radical (unpaired) electrons. The average molecular weight is 327 g/mol. The monoisotopic (exact) mass is 326 g/mol. The number of benzene rings is 1. The molecule has 5 heteroatoms. The predicted octanol–water partition coefficient (Wildman–Crippen LogP) is 2.21. The third-order valence-corrected chi connectivity index (χ3v) is 3.96. The Balaban J connectivity index is 1.99. The van der Waals surface area contributed by atoms with Gasteiger partial charge in [0.2, 0.25) is 5.91 Å². The molecule has 1 aromatic rings. The second-order valence-electron chi connectivity index (χ2n) is 4.91. The van der Waals surface area contributed by atoms with Gasteiger partial charge in [-0.3, -0.25) is 9.69 Å². The zero-order valence-electron chi connectivity index (χ0n) is 11.1. The summed E-state index contributed by atoms with van der Waals surface area (Å²) in [5.74, 6) is 0.475. The Kier molecular flexibility index (Phi) is 4.82. The lowest BCUT2D eigenvalue weighted by atomic mass is 10.2. The van der Waals surface area contributed by atoms with Crippen molar-refractivity contribution in [3.63, 3.8) is 0 Å². The van der Waals surface area contributed by atoms with E-state index in [4.69, 9.17) is 0 Å². The van der Waals surface area contributed by atoms with Gasteiger partial charge in [-0.05, 0) is 24.6 Å². The molecular formula is C14H19BrN2O2. The summed E-state index contributed by atoms with van der Waals surface area (Å²) in [5.41, 5.74) is 0.922. The van der Waals surface area contributed by atoms with E-state index in [0.29, 0.717) is 5.75 Å². The van der Waals surface area contributed by atoms with Crippen molar-refractivity contribution in [2.24, 2.45) is 0 Å². The number of hydrogen-bond acceptors (Lipinski definition) is 3. The molecule has 0 bridgehead atoms. The lowest BCUT2D eigenvalue weighted by molar-refractivity contribution is -0.128. The highest BCUT2D eigenvalue weighted by Gasteiger charge is 2.17. The lowest BCUT2D eigenvalue weighted by Gasteiger charge is -2.21. The van der Waals surface area contributed by atoms with Crippen LogP contribution in [0.25, 0.3) is 0 Å². The minimum Gasteiger partial charge on any atom is -0.508 e. The van der Waals surface area contributed by atoms with Crippen molar-refractivity contribution in [2.45, 2.75) is 19.9 Å². The molecule has 1 aliphatic rings. The fourth-order valence-corrected chi connectivity index (χ4v) is 2.77. The highest BCUT2D eigenvalue weighted by atomic mass is 79.9. The smallest absolute Gasteiger partial charge is 0.219 e. The second-order valence-corrected chi connectivity index (χ2v) is 5.82. The maximum atomic E-state index is 11.4. The molecule has 0 spiro atoms. The number of phenols is 1. The minimum atomic E-state index is 0.146. The number of rotatable bonds is 2. The number of carbonyl (C=O) groups excluding carboxylic acids is 1. The van der Waals surface area contributed by atoms with Crippen molar-refractivity contribution in [1.29, 1.82) is 0 Å². The molecule has 1 heterocycles. The minimum absolute atomic E-state index is 0.146. The Labute approximate surface area is 122 Å². The molecule has 0 atom stereocenters. The van der Waals surface area contributed by atoms with Crippen LogP contribution in [0.3, 0.4) is 0 Å². The van der Waals surface area contributed by atoms with E-state index in [-0.39, 0.29) is 5.91 Å². The van der Waals surface area contributed by atoms with E-state index in [1.54, 1.807) is 13.0 Å². The molecule has 0 aliphatic carbocycles. The van der Waals surface area contributed by atoms with Gasteiger partial charge in [-0.2, -0.15) is 0 Å². The Morgan fingerprint density at radius 2 is 2.11 bits per heavy atom. The Morgan fingerprint density at radius 1 is 1.32 bits per heavy atom. The van der Waals surface area contributed by atoms with Gasteiger partial charge in [0.05, 0.1) is 0 Å². The van der Waals surface area contributed by atoms with Crippen LogP contribution in [0.2, 0.25) is 0 Å². The molecule has 0 aromatic heterocycles. The van der Waals surface area contributed by atoms with Gasteiger partial charge in [0, 0.05) is 49.7 Å². The number of phenolic OH excluding ortho intramolecular Hbond substituents is 1. The molecule has 19 heavy (non-hydrogen) atoms. The van der Waals surface area contributed by atoms with E-state index >= 15 is 0 Å². The van der Waals surface area contributed by atoms with Crippen LogP contribution in [0.4, 0.5) is 0 Å². The van der Waals surface area contributed by atoms with Crippen LogP contribution in [0.5, 0.6) is 5.75 Å². The molecule has 1 aliphatic heterocycles. The maximum Gasteiger partial charge on any atom is 0.219 e. The van der Waals surface area contributed by atoms with Gasteiger partial charge in [0.1, 0.15) is 5.75 Å². The predicted molar refractivity (Wildman–Crippen MR) is 78.0 cm³/mol. The molecular weight excluding hydrogens is 308 g/mol. The van der Waals surface area contributed by atoms with Gasteiger partial charge in [0.25, 0.3) is 0 Å². The summed E-state index contributed by atoms with van der Waals surface area (Å²) < 4.78 is 0.973. The average Bonchev–Trinajstić information content (AvgIpc) is 2.59. The molecule has 1 aromatic carbocycles. The summed E-state index contributed by atoms with van der Waals surface area (Å²) in [4.78, 5) is 15.5. The van der Waals surface area contributed by atoms with E-state index < -0.39 is 0 Å². The van der Waals surface area contributed by atoms with Crippen LogP contribution in [0.1, 0.15) is 18.9 Å². The summed E-state index contributed by atoms with van der Waals surface area (Å²) in [6.45, 7) is 5.74. The second kappa shape index (κ2) is 6.39. The highest BCUT2D eigenvalue weighted by molar-refractivity contribution is 9.10. The summed E-state index contributed by atoms with van der Waals surface area (Å²) in [5, 5.41) is 9.86. The third kappa shape index (κ3) is 3.94. The van der Waals surface area contributed by atoms with Crippen molar-refractivity contribution >= 4 is 21.8 Å². The van der Waals surface area contributed by atoms with Crippen molar-refractivity contribution in [1.82, 2.24) is 9.80 Å². The van der Waals surface area contributed by atoms with E-state index in [0.717, 1.165) is 49.2 Å². The van der Waals surface area contributed by atoms with Gasteiger partial charge in [-0.1, -0.05) is 15.9 Å². The number of aromatic hydroxyl groups is 1. The SMILES string of the molecule is CC(=O)N1CCCN(Cc2cc(Br)ccc2O)CC1. The summed E-state index contributed by atoms with van der Waals surface area (Å²) in [6.07, 6.45) is 0.981. The summed E-state index contributed by atoms with van der Waals surface area (Å²) >= 11 is 3.42. The van der Waals surface area contributed by atoms with Crippen molar-refractivity contribution in [2.75, 3.05) is 26.2 Å². The Morgan fingerprint density at radius 3 is 2.84 bits per heavy atom. The van der Waals surface area contributed by atoms with Crippen molar-refractivity contribution < 1.29 is 9.90 Å². The first-order chi connectivity index (χ1) is 9.06. The first-order valence-electron chi connectivity index (χ1n) is 6.51. The van der Waals surface area contributed by atoms with Gasteiger partial charge in [-0.25, -0.2) is 0 Å². The highest BCUT2D eigenvalue weighted by Crippen LogP contribution is 2.23. The van der Waals surface area contributed by atoms with Gasteiger partial charge < -0.3 is 10.0 Å². The van der Waals surface area contributed by atoms with Crippen LogP contribution < -0.4 is 0 Å². The molecule has 0 saturated carbocycles. The zero-order chi connectivity index (χ0) is 13.8. The quantitative estimate of drug-likeness (QED) is 0.906. The van der Waals surface area contributed by atoms with Crippen molar-refractivity contribution in [3.05, 3.63) is 28.2 Å². The molecule has 104 valence electrons. The number of amides is 1. The van der Waals surface area contributed by atoms with Gasteiger partial charge in [-0.15, -0.1) is 0 Å². The van der Waals surface area contributed by atoms with Crippen LogP contribution in [0, 0.1) is 0 Å². The molecule has 0 unspecified atom stereocenters. The Bertz CT molecular complexity index is 465. The van der Waals surface area contributed by atoms with E-state index in [2.05, 4.69) is 20.8 Å². The number of hydrogen-bond donors (Lipinski definition) is 1. The zero-order valence-corrected chi connectivity index (χ0v) is 12.7. The largest absolute Gasteiger partial charge is 0.508 e. The number of halogens is 1. The fraction of sp³-hybridized carbons (Fsp3) is 0.500. The van der Waals surface area contributed by atoms with E-state index in [9.17, 15) is 9.90 Å². The number of nitrogens with zero attached hydrogens (tertiary/aromatic N) is 2. The third-order valence-electron chi connectivity index (χ3n) is 3.47. The molecule has 4 nitrogen and oxygen atoms in total. The van der Waals surface area contributed by atoms with Crippen molar-refractivity contribution in [3.8, 4) is 5.75 Å². The fourth-order valence-electron chi connectivity index (χ4n) is 2.37. The molecule has 1 saturated heterocycles. The lowest BCUT2D eigenvalue weighted by Crippen LogP contribution is -2.33. The normalized spacial score (nSPS) is 17.3.